The molecular weight excluding hydrogens is 232 g/mol. The lowest BCUT2D eigenvalue weighted by Gasteiger charge is -2.32. The Bertz CT molecular complexity index is 446. The van der Waals surface area contributed by atoms with Gasteiger partial charge in [-0.15, -0.1) is 0 Å². The first-order valence-corrected chi connectivity index (χ1v) is 6.27. The number of aryl methyl sites for hydroxylation is 1. The summed E-state index contributed by atoms with van der Waals surface area (Å²) in [6.45, 7) is 9.80. The minimum absolute atomic E-state index is 0.299. The van der Waals surface area contributed by atoms with Crippen LogP contribution in [0.3, 0.4) is 0 Å². The van der Waals surface area contributed by atoms with E-state index < -0.39 is 18.3 Å². The molecule has 3 nitrogen and oxygen atoms in total. The number of pyridine rings is 1. The number of nitrogens with zero attached hydrogens (tertiary/aromatic N) is 1. The van der Waals surface area contributed by atoms with Crippen molar-refractivity contribution in [2.45, 2.75) is 52.2 Å². The SMILES string of the molecule is CCc1cc(F)cc(B2OC(C)(C)C(C)(C)O2)n1. The van der Waals surface area contributed by atoms with Crippen molar-refractivity contribution < 1.29 is 13.7 Å². The van der Waals surface area contributed by atoms with E-state index in [-0.39, 0.29) is 5.82 Å². The van der Waals surface area contributed by atoms with E-state index in [2.05, 4.69) is 4.98 Å². The number of rotatable bonds is 2. The highest BCUT2D eigenvalue weighted by Crippen LogP contribution is 2.36. The van der Waals surface area contributed by atoms with Crippen LogP contribution in [0.2, 0.25) is 0 Å². The normalized spacial score (nSPS) is 21.3. The van der Waals surface area contributed by atoms with E-state index in [1.54, 1.807) is 0 Å². The molecule has 0 aromatic carbocycles. The molecule has 98 valence electrons. The Morgan fingerprint density at radius 2 is 1.72 bits per heavy atom. The standard InChI is InChI=1S/C13H19BFNO2/c1-6-10-7-9(15)8-11(16-10)14-17-12(2,3)13(4,5)18-14/h7-8H,6H2,1-5H3. The van der Waals surface area contributed by atoms with E-state index in [0.717, 1.165) is 0 Å². The van der Waals surface area contributed by atoms with Crippen LogP contribution in [0.5, 0.6) is 0 Å². The molecule has 1 aromatic heterocycles. The third-order valence-corrected chi connectivity index (χ3v) is 3.72. The molecule has 1 fully saturated rings. The van der Waals surface area contributed by atoms with Gasteiger partial charge in [0.2, 0.25) is 0 Å². The maximum atomic E-state index is 13.5. The summed E-state index contributed by atoms with van der Waals surface area (Å²) in [5.41, 5.74) is 0.348. The van der Waals surface area contributed by atoms with Gasteiger partial charge < -0.3 is 9.31 Å². The topological polar surface area (TPSA) is 31.4 Å². The van der Waals surface area contributed by atoms with Crippen molar-refractivity contribution in [1.82, 2.24) is 4.98 Å². The molecule has 1 aliphatic heterocycles. The largest absolute Gasteiger partial charge is 0.514 e. The van der Waals surface area contributed by atoms with E-state index in [1.165, 1.54) is 12.1 Å². The van der Waals surface area contributed by atoms with E-state index >= 15 is 0 Å². The van der Waals surface area contributed by atoms with Crippen LogP contribution in [0, 0.1) is 5.82 Å². The van der Waals surface area contributed by atoms with Crippen LogP contribution in [0.1, 0.15) is 40.3 Å². The first kappa shape index (κ1) is 13.5. The minimum Gasteiger partial charge on any atom is -0.398 e. The zero-order valence-corrected chi connectivity index (χ0v) is 11.6. The second-order valence-corrected chi connectivity index (χ2v) is 5.64. The lowest BCUT2D eigenvalue weighted by Crippen LogP contribution is -2.41. The molecular formula is C13H19BFNO2. The van der Waals surface area contributed by atoms with Crippen molar-refractivity contribution in [2.75, 3.05) is 0 Å². The van der Waals surface area contributed by atoms with Crippen LogP contribution < -0.4 is 5.59 Å². The Kier molecular flexibility index (Phi) is 3.24. The summed E-state index contributed by atoms with van der Waals surface area (Å²) >= 11 is 0. The van der Waals surface area contributed by atoms with Crippen molar-refractivity contribution in [3.05, 3.63) is 23.6 Å². The second-order valence-electron chi connectivity index (χ2n) is 5.64. The molecule has 1 aliphatic rings. The van der Waals surface area contributed by atoms with Gasteiger partial charge in [0.1, 0.15) is 5.82 Å². The maximum absolute atomic E-state index is 13.5. The van der Waals surface area contributed by atoms with Crippen LogP contribution in [-0.4, -0.2) is 23.3 Å². The van der Waals surface area contributed by atoms with Crippen LogP contribution in [0.15, 0.2) is 12.1 Å². The van der Waals surface area contributed by atoms with Gasteiger partial charge in [0, 0.05) is 5.69 Å². The van der Waals surface area contributed by atoms with E-state index in [9.17, 15) is 4.39 Å². The van der Waals surface area contributed by atoms with Gasteiger partial charge in [-0.3, -0.25) is 4.98 Å². The molecule has 0 atom stereocenters. The highest BCUT2D eigenvalue weighted by atomic mass is 19.1. The maximum Gasteiger partial charge on any atom is 0.514 e. The smallest absolute Gasteiger partial charge is 0.398 e. The van der Waals surface area contributed by atoms with Gasteiger partial charge >= 0.3 is 7.12 Å². The average Bonchev–Trinajstić information content (AvgIpc) is 2.47. The van der Waals surface area contributed by atoms with Gasteiger partial charge in [-0.2, -0.15) is 0 Å². The fourth-order valence-electron chi connectivity index (χ4n) is 1.84. The fourth-order valence-corrected chi connectivity index (χ4v) is 1.84. The predicted octanol–water partition coefficient (Wildman–Crippen LogP) is 2.08. The number of aromatic nitrogens is 1. The number of hydrogen-bond donors (Lipinski definition) is 0. The minimum atomic E-state index is -0.601. The van der Waals surface area contributed by atoms with Gasteiger partial charge in [0.15, 0.2) is 0 Å². The summed E-state index contributed by atoms with van der Waals surface area (Å²) in [5.74, 6) is -0.299. The van der Waals surface area contributed by atoms with Crippen LogP contribution in [0.25, 0.3) is 0 Å². The van der Waals surface area contributed by atoms with Gasteiger partial charge in [0.25, 0.3) is 0 Å². The molecule has 18 heavy (non-hydrogen) atoms. The summed E-state index contributed by atoms with van der Waals surface area (Å²) in [5, 5.41) is 0. The third kappa shape index (κ3) is 2.29. The zero-order valence-electron chi connectivity index (χ0n) is 11.6. The van der Waals surface area contributed by atoms with E-state index in [0.29, 0.717) is 17.7 Å². The van der Waals surface area contributed by atoms with Crippen molar-refractivity contribution >= 4 is 12.7 Å². The molecule has 0 aliphatic carbocycles. The van der Waals surface area contributed by atoms with Crippen molar-refractivity contribution in [1.29, 1.82) is 0 Å². The Balaban J connectivity index is 2.32. The summed E-state index contributed by atoms with van der Waals surface area (Å²) < 4.78 is 25.2. The molecule has 0 radical (unpaired) electrons. The van der Waals surface area contributed by atoms with Crippen molar-refractivity contribution in [3.63, 3.8) is 0 Å². The molecule has 1 aromatic rings. The molecule has 5 heteroatoms. The van der Waals surface area contributed by atoms with Crippen LogP contribution >= 0.6 is 0 Å². The monoisotopic (exact) mass is 251 g/mol. The Morgan fingerprint density at radius 3 is 2.22 bits per heavy atom. The van der Waals surface area contributed by atoms with Gasteiger partial charge in [0.05, 0.1) is 16.8 Å². The summed E-state index contributed by atoms with van der Waals surface area (Å²) in [6.07, 6.45) is 0.685. The van der Waals surface area contributed by atoms with Crippen molar-refractivity contribution in [2.24, 2.45) is 0 Å². The average molecular weight is 251 g/mol. The van der Waals surface area contributed by atoms with Gasteiger partial charge in [-0.1, -0.05) is 6.92 Å². The third-order valence-electron chi connectivity index (χ3n) is 3.72. The summed E-state index contributed by atoms with van der Waals surface area (Å²) in [7, 11) is -0.601. The van der Waals surface area contributed by atoms with Crippen molar-refractivity contribution in [3.8, 4) is 0 Å². The summed E-state index contributed by atoms with van der Waals surface area (Å²) in [6, 6.07) is 2.82. The highest BCUT2D eigenvalue weighted by molar-refractivity contribution is 6.61. The predicted molar refractivity (Wildman–Crippen MR) is 69.3 cm³/mol. The lowest BCUT2D eigenvalue weighted by molar-refractivity contribution is 0.00578. The Hall–Kier alpha value is -0.935. The molecule has 2 heterocycles. The number of hydrogen-bond acceptors (Lipinski definition) is 3. The number of halogens is 1. The first-order valence-electron chi connectivity index (χ1n) is 6.27. The zero-order chi connectivity index (χ0) is 13.6. The molecule has 0 unspecified atom stereocenters. The lowest BCUT2D eigenvalue weighted by atomic mass is 9.84. The molecule has 2 rings (SSSR count). The molecule has 0 saturated carbocycles. The molecule has 0 spiro atoms. The first-order chi connectivity index (χ1) is 8.25. The van der Waals surface area contributed by atoms with Gasteiger partial charge in [-0.25, -0.2) is 4.39 Å². The van der Waals surface area contributed by atoms with Gasteiger partial charge in [-0.05, 0) is 46.2 Å². The molecule has 0 amide bonds. The molecule has 0 bridgehead atoms. The Morgan fingerprint density at radius 1 is 1.17 bits per heavy atom. The highest BCUT2D eigenvalue weighted by Gasteiger charge is 2.52. The van der Waals surface area contributed by atoms with E-state index in [4.69, 9.17) is 9.31 Å². The Labute approximate surface area is 108 Å². The molecule has 0 N–H and O–H groups in total. The molecule has 1 saturated heterocycles. The van der Waals surface area contributed by atoms with E-state index in [1.807, 2.05) is 34.6 Å². The fraction of sp³-hybridized carbons (Fsp3) is 0.615. The van der Waals surface area contributed by atoms with Crippen LogP contribution in [-0.2, 0) is 15.7 Å². The summed E-state index contributed by atoms with van der Waals surface area (Å²) in [4.78, 5) is 4.38. The second kappa shape index (κ2) is 4.32. The van der Waals surface area contributed by atoms with Crippen LogP contribution in [0.4, 0.5) is 4.39 Å². The quantitative estimate of drug-likeness (QED) is 0.754.